The molecule has 4 rings (SSSR count). The molecule has 0 saturated carbocycles. The van der Waals surface area contributed by atoms with Crippen LogP contribution in [0.2, 0.25) is 0 Å². The quantitative estimate of drug-likeness (QED) is 0.709. The zero-order valence-electron chi connectivity index (χ0n) is 17.5. The molecule has 2 aromatic rings. The molecular formula is C23H25N3O6. The van der Waals surface area contributed by atoms with E-state index in [9.17, 15) is 14.4 Å². The molecule has 0 spiro atoms. The highest BCUT2D eigenvalue weighted by Gasteiger charge is 2.25. The smallest absolute Gasteiger partial charge is 0.415 e. The number of nitrogens with zero attached hydrogens (tertiary/aromatic N) is 1. The third kappa shape index (κ3) is 5.48. The van der Waals surface area contributed by atoms with Gasteiger partial charge in [0.2, 0.25) is 0 Å². The molecule has 0 bridgehead atoms. The van der Waals surface area contributed by atoms with Gasteiger partial charge in [-0.3, -0.25) is 9.59 Å². The fourth-order valence-corrected chi connectivity index (χ4v) is 3.60. The van der Waals surface area contributed by atoms with Gasteiger partial charge in [-0.15, -0.1) is 0 Å². The number of benzene rings is 2. The summed E-state index contributed by atoms with van der Waals surface area (Å²) in [5.41, 5.74) is 0.458. The Morgan fingerprint density at radius 3 is 2.41 bits per heavy atom. The van der Waals surface area contributed by atoms with Gasteiger partial charge in [0.15, 0.2) is 11.5 Å². The number of carbonyl (C=O) groups is 3. The number of carbonyl (C=O) groups excluding carboxylic acids is 3. The average Bonchev–Trinajstić information content (AvgIpc) is 2.83. The van der Waals surface area contributed by atoms with Crippen molar-refractivity contribution in [3.05, 3.63) is 48.5 Å². The monoisotopic (exact) mass is 439 g/mol. The van der Waals surface area contributed by atoms with Crippen LogP contribution in [0.3, 0.4) is 0 Å². The van der Waals surface area contributed by atoms with Gasteiger partial charge in [0, 0.05) is 31.4 Å². The fraction of sp³-hybridized carbons (Fsp3) is 0.348. The van der Waals surface area contributed by atoms with Gasteiger partial charge in [-0.05, 0) is 43.0 Å². The van der Waals surface area contributed by atoms with Crippen molar-refractivity contribution in [1.82, 2.24) is 10.2 Å². The van der Waals surface area contributed by atoms with Gasteiger partial charge in [0.05, 0.1) is 0 Å². The molecule has 9 nitrogen and oxygen atoms in total. The van der Waals surface area contributed by atoms with Crippen molar-refractivity contribution in [3.63, 3.8) is 0 Å². The van der Waals surface area contributed by atoms with Gasteiger partial charge in [0.1, 0.15) is 19.0 Å². The number of amides is 3. The standard InChI is InChI=1S/C23H25N3O6/c27-21(22(28)25-17-6-7-19-20(14-17)31-13-12-30-19)24-15-16-8-10-26(11-9-16)23(29)32-18-4-2-1-3-5-18/h1-7,14,16H,8-13,15H2,(H,24,27)(H,25,28). The number of fused-ring (bicyclic) bond motifs is 1. The van der Waals surface area contributed by atoms with Gasteiger partial charge in [-0.1, -0.05) is 18.2 Å². The lowest BCUT2D eigenvalue weighted by molar-refractivity contribution is -0.136. The maximum atomic E-state index is 12.3. The zero-order chi connectivity index (χ0) is 22.3. The number of rotatable bonds is 4. The summed E-state index contributed by atoms with van der Waals surface area (Å²) in [4.78, 5) is 38.3. The number of nitrogens with one attached hydrogen (secondary N) is 2. The maximum Gasteiger partial charge on any atom is 0.415 e. The number of para-hydroxylation sites is 1. The van der Waals surface area contributed by atoms with E-state index in [2.05, 4.69) is 10.6 Å². The summed E-state index contributed by atoms with van der Waals surface area (Å²) in [7, 11) is 0. The highest BCUT2D eigenvalue weighted by molar-refractivity contribution is 6.39. The van der Waals surface area contributed by atoms with E-state index in [4.69, 9.17) is 14.2 Å². The molecule has 2 aromatic carbocycles. The van der Waals surface area contributed by atoms with Crippen LogP contribution in [0.15, 0.2) is 48.5 Å². The molecule has 9 heteroatoms. The van der Waals surface area contributed by atoms with Crippen LogP contribution < -0.4 is 24.8 Å². The Balaban J connectivity index is 1.18. The normalized spacial score (nSPS) is 15.6. The first-order chi connectivity index (χ1) is 15.6. The van der Waals surface area contributed by atoms with Crippen LogP contribution in [0.4, 0.5) is 10.5 Å². The van der Waals surface area contributed by atoms with E-state index >= 15 is 0 Å². The van der Waals surface area contributed by atoms with Crippen molar-refractivity contribution in [2.75, 3.05) is 38.2 Å². The van der Waals surface area contributed by atoms with Crippen molar-refractivity contribution in [2.24, 2.45) is 5.92 Å². The third-order valence-electron chi connectivity index (χ3n) is 5.38. The predicted octanol–water partition coefficient (Wildman–Crippen LogP) is 2.42. The summed E-state index contributed by atoms with van der Waals surface area (Å²) >= 11 is 0. The fourth-order valence-electron chi connectivity index (χ4n) is 3.60. The maximum absolute atomic E-state index is 12.3. The summed E-state index contributed by atoms with van der Waals surface area (Å²) in [5.74, 6) is 0.388. The minimum atomic E-state index is -0.745. The van der Waals surface area contributed by atoms with Crippen LogP contribution in [0, 0.1) is 5.92 Å². The summed E-state index contributed by atoms with van der Waals surface area (Å²) in [6.45, 7) is 2.36. The van der Waals surface area contributed by atoms with Crippen molar-refractivity contribution in [1.29, 1.82) is 0 Å². The first-order valence-corrected chi connectivity index (χ1v) is 10.6. The van der Waals surface area contributed by atoms with Crippen LogP contribution in [-0.4, -0.2) is 55.7 Å². The largest absolute Gasteiger partial charge is 0.486 e. The molecule has 32 heavy (non-hydrogen) atoms. The van der Waals surface area contributed by atoms with E-state index in [0.717, 1.165) is 0 Å². The van der Waals surface area contributed by atoms with Crippen LogP contribution in [0.5, 0.6) is 17.2 Å². The Morgan fingerprint density at radius 2 is 1.66 bits per heavy atom. The number of ether oxygens (including phenoxy) is 3. The van der Waals surface area contributed by atoms with E-state index < -0.39 is 11.8 Å². The topological polar surface area (TPSA) is 106 Å². The van der Waals surface area contributed by atoms with Crippen LogP contribution in [0.1, 0.15) is 12.8 Å². The van der Waals surface area contributed by atoms with E-state index in [1.54, 1.807) is 35.2 Å². The van der Waals surface area contributed by atoms with Crippen molar-refractivity contribution in [2.45, 2.75) is 12.8 Å². The highest BCUT2D eigenvalue weighted by Crippen LogP contribution is 2.32. The molecule has 1 fully saturated rings. The van der Waals surface area contributed by atoms with Crippen molar-refractivity contribution >= 4 is 23.6 Å². The predicted molar refractivity (Wildman–Crippen MR) is 116 cm³/mol. The second-order valence-electron chi connectivity index (χ2n) is 7.63. The molecule has 2 aliphatic heterocycles. The Hall–Kier alpha value is -3.75. The first-order valence-electron chi connectivity index (χ1n) is 10.6. The lowest BCUT2D eigenvalue weighted by atomic mass is 9.97. The Morgan fingerprint density at radius 1 is 0.938 bits per heavy atom. The minimum absolute atomic E-state index is 0.182. The Labute approximate surface area is 185 Å². The molecule has 2 aliphatic rings. The van der Waals surface area contributed by atoms with E-state index in [1.165, 1.54) is 0 Å². The Bertz CT molecular complexity index is 973. The summed E-state index contributed by atoms with van der Waals surface area (Å²) in [5, 5.41) is 5.25. The Kier molecular flexibility index (Phi) is 6.74. The lowest BCUT2D eigenvalue weighted by Crippen LogP contribution is -2.44. The number of hydrogen-bond donors (Lipinski definition) is 2. The number of hydrogen-bond acceptors (Lipinski definition) is 6. The van der Waals surface area contributed by atoms with Gasteiger partial charge >= 0.3 is 17.9 Å². The average molecular weight is 439 g/mol. The lowest BCUT2D eigenvalue weighted by Gasteiger charge is -2.31. The highest BCUT2D eigenvalue weighted by atomic mass is 16.6. The van der Waals surface area contributed by atoms with Crippen LogP contribution in [-0.2, 0) is 9.59 Å². The third-order valence-corrected chi connectivity index (χ3v) is 5.38. The summed E-state index contributed by atoms with van der Waals surface area (Å²) in [6, 6.07) is 13.9. The number of anilines is 1. The second-order valence-corrected chi connectivity index (χ2v) is 7.63. The molecule has 2 heterocycles. The van der Waals surface area contributed by atoms with Crippen LogP contribution >= 0.6 is 0 Å². The van der Waals surface area contributed by atoms with Crippen molar-refractivity contribution < 1.29 is 28.6 Å². The molecule has 0 aliphatic carbocycles. The zero-order valence-corrected chi connectivity index (χ0v) is 17.5. The molecular weight excluding hydrogens is 414 g/mol. The van der Waals surface area contributed by atoms with Gasteiger partial charge in [-0.2, -0.15) is 0 Å². The van der Waals surface area contributed by atoms with E-state index in [1.807, 2.05) is 18.2 Å². The number of likely N-dealkylation sites (tertiary alicyclic amines) is 1. The molecule has 168 valence electrons. The minimum Gasteiger partial charge on any atom is -0.486 e. The number of piperidine rings is 1. The molecule has 3 amide bonds. The van der Waals surface area contributed by atoms with Gasteiger partial charge < -0.3 is 29.7 Å². The molecule has 0 aromatic heterocycles. The van der Waals surface area contributed by atoms with Gasteiger partial charge in [0.25, 0.3) is 0 Å². The van der Waals surface area contributed by atoms with Crippen molar-refractivity contribution in [3.8, 4) is 17.2 Å². The molecule has 0 radical (unpaired) electrons. The molecule has 1 saturated heterocycles. The first kappa shape index (κ1) is 21.5. The summed E-state index contributed by atoms with van der Waals surface area (Å²) < 4.78 is 16.3. The van der Waals surface area contributed by atoms with Crippen LogP contribution in [0.25, 0.3) is 0 Å². The molecule has 0 unspecified atom stereocenters. The van der Waals surface area contributed by atoms with E-state index in [0.29, 0.717) is 68.6 Å². The van der Waals surface area contributed by atoms with E-state index in [-0.39, 0.29) is 12.0 Å². The summed E-state index contributed by atoms with van der Waals surface area (Å²) in [6.07, 6.45) is 1.06. The SMILES string of the molecule is O=C(NCC1CCN(C(=O)Oc2ccccc2)CC1)C(=O)Nc1ccc2c(c1)OCCO2. The molecule has 0 atom stereocenters. The second kappa shape index (κ2) is 10.0. The van der Waals surface area contributed by atoms with Gasteiger partial charge in [-0.25, -0.2) is 4.79 Å². The molecule has 2 N–H and O–H groups in total.